The smallest absolute Gasteiger partial charge is 0.0135 e. The molecule has 18 atom stereocenters. The lowest BCUT2D eigenvalue weighted by atomic mass is 9.45. The molecule has 12 aliphatic carbocycles. The summed E-state index contributed by atoms with van der Waals surface area (Å²) in [5.41, 5.74) is 0. The molecule has 12 saturated carbocycles. The molecule has 0 N–H and O–H groups in total. The zero-order valence-electron chi connectivity index (χ0n) is 37.9. The van der Waals surface area contributed by atoms with Crippen LogP contribution < -0.4 is 0 Å². The Hall–Kier alpha value is -0.0800. The topological polar surface area (TPSA) is 6.48 Å². The van der Waals surface area contributed by atoms with Crippen molar-refractivity contribution in [3.8, 4) is 0 Å². The molecule has 0 saturated heterocycles. The summed E-state index contributed by atoms with van der Waals surface area (Å²) in [5, 5.41) is 0. The van der Waals surface area contributed by atoms with Gasteiger partial charge in [-0.25, -0.2) is 0 Å². The van der Waals surface area contributed by atoms with E-state index in [0.29, 0.717) is 0 Å². The first kappa shape index (κ1) is 39.5. The molecule has 2 heteroatoms. The molecular weight excluding hydrogens is 701 g/mol. The fraction of sp³-hybridized carbons (Fsp3) is 1.00. The van der Waals surface area contributed by atoms with Crippen LogP contribution in [0.4, 0.5) is 0 Å². The maximum absolute atomic E-state index is 3.57. The third-order valence-electron chi connectivity index (χ3n) is 23.2. The van der Waals surface area contributed by atoms with Crippen molar-refractivity contribution in [2.24, 2.45) is 82.9 Å². The summed E-state index contributed by atoms with van der Waals surface area (Å²) in [5.74, 6) is 15.0. The van der Waals surface area contributed by atoms with Crippen LogP contribution in [0.1, 0.15) is 231 Å². The number of rotatable bonds is 6. The molecule has 58 heavy (non-hydrogen) atoms. The zero-order valence-corrected chi connectivity index (χ0v) is 37.9. The highest BCUT2D eigenvalue weighted by atomic mass is 15.3. The molecule has 0 spiro atoms. The highest BCUT2D eigenvalue weighted by Gasteiger charge is 2.61. The third-order valence-corrected chi connectivity index (χ3v) is 23.2. The van der Waals surface area contributed by atoms with Gasteiger partial charge in [0.1, 0.15) is 0 Å². The maximum Gasteiger partial charge on any atom is 0.0135 e. The highest BCUT2D eigenvalue weighted by molar-refractivity contribution is 5.13. The number of nitrogens with zero attached hydrogens (tertiary/aromatic N) is 2. The van der Waals surface area contributed by atoms with Crippen LogP contribution in [0.5, 0.6) is 0 Å². The van der Waals surface area contributed by atoms with Crippen molar-refractivity contribution in [1.29, 1.82) is 0 Å². The van der Waals surface area contributed by atoms with Crippen LogP contribution in [0, 0.1) is 82.9 Å². The lowest BCUT2D eigenvalue weighted by molar-refractivity contribution is -0.173. The van der Waals surface area contributed by atoms with Crippen LogP contribution in [-0.2, 0) is 0 Å². The van der Waals surface area contributed by atoms with E-state index in [-0.39, 0.29) is 0 Å². The lowest BCUT2D eigenvalue weighted by Crippen LogP contribution is -2.67. The summed E-state index contributed by atoms with van der Waals surface area (Å²) >= 11 is 0. The zero-order chi connectivity index (χ0) is 38.2. The maximum atomic E-state index is 3.57. The SMILES string of the molecule is C1CCC(N(C2CCCC3CC4CCCCC4CC32)C2CC3CCCC4C3C3C(CCCC32)CC4N(C2CCCCC2)C2CCCC3CC4CCCCC4CC32)CC1. The Kier molecular flexibility index (Phi) is 11.7. The average Bonchev–Trinajstić information content (AvgIpc) is 3.28. The normalized spacial score (nSPS) is 51.2. The van der Waals surface area contributed by atoms with Crippen LogP contribution in [0.3, 0.4) is 0 Å². The van der Waals surface area contributed by atoms with Crippen molar-refractivity contribution < 1.29 is 0 Å². The van der Waals surface area contributed by atoms with Crippen molar-refractivity contribution >= 4 is 0 Å². The fourth-order valence-electron chi connectivity index (χ4n) is 21.3. The minimum Gasteiger partial charge on any atom is -0.294 e. The quantitative estimate of drug-likeness (QED) is 0.264. The summed E-state index contributed by atoms with van der Waals surface area (Å²) in [6.07, 6.45) is 56.9. The van der Waals surface area contributed by atoms with E-state index in [1.807, 2.05) is 0 Å². The minimum atomic E-state index is 0.930. The summed E-state index contributed by atoms with van der Waals surface area (Å²) < 4.78 is 0. The summed E-state index contributed by atoms with van der Waals surface area (Å²) in [6.45, 7) is 0. The molecule has 0 aromatic rings. The number of hydrogen-bond acceptors (Lipinski definition) is 2. The Morgan fingerprint density at radius 3 is 0.983 bits per heavy atom. The number of fused-ring (bicyclic) bond motifs is 4. The van der Waals surface area contributed by atoms with Crippen molar-refractivity contribution in [1.82, 2.24) is 9.80 Å². The second kappa shape index (κ2) is 17.1. The van der Waals surface area contributed by atoms with E-state index in [4.69, 9.17) is 0 Å². The first-order valence-corrected chi connectivity index (χ1v) is 28.3. The van der Waals surface area contributed by atoms with Gasteiger partial charge in [-0.05, 0) is 173 Å². The molecule has 12 rings (SSSR count). The highest BCUT2D eigenvalue weighted by Crippen LogP contribution is 2.64. The van der Waals surface area contributed by atoms with Gasteiger partial charge >= 0.3 is 0 Å². The van der Waals surface area contributed by atoms with Gasteiger partial charge < -0.3 is 0 Å². The monoisotopic (exact) mass is 793 g/mol. The Balaban J connectivity index is 0.863. The summed E-state index contributed by atoms with van der Waals surface area (Å²) in [6, 6.07) is 5.64. The predicted octanol–water partition coefficient (Wildman–Crippen LogP) is 14.6. The largest absolute Gasteiger partial charge is 0.294 e. The van der Waals surface area contributed by atoms with E-state index in [9.17, 15) is 0 Å². The van der Waals surface area contributed by atoms with Gasteiger partial charge in [-0.2, -0.15) is 0 Å². The second-order valence-corrected chi connectivity index (χ2v) is 25.3. The van der Waals surface area contributed by atoms with E-state index < -0.39 is 0 Å². The second-order valence-electron chi connectivity index (χ2n) is 25.3. The van der Waals surface area contributed by atoms with Crippen LogP contribution in [-0.4, -0.2) is 46.1 Å². The molecular formula is C56H92N2. The van der Waals surface area contributed by atoms with Crippen molar-refractivity contribution in [2.45, 2.75) is 267 Å². The van der Waals surface area contributed by atoms with Gasteiger partial charge in [-0.3, -0.25) is 9.80 Å². The Morgan fingerprint density at radius 1 is 0.207 bits per heavy atom. The Labute approximate surface area is 358 Å². The Morgan fingerprint density at radius 2 is 0.552 bits per heavy atom. The van der Waals surface area contributed by atoms with Gasteiger partial charge in [0.2, 0.25) is 0 Å². The van der Waals surface area contributed by atoms with Crippen LogP contribution >= 0.6 is 0 Å². The van der Waals surface area contributed by atoms with Crippen LogP contribution in [0.25, 0.3) is 0 Å². The molecule has 2 nitrogen and oxygen atoms in total. The van der Waals surface area contributed by atoms with Crippen molar-refractivity contribution in [3.63, 3.8) is 0 Å². The molecule has 0 aromatic carbocycles. The van der Waals surface area contributed by atoms with Gasteiger partial charge in [0.15, 0.2) is 0 Å². The first-order chi connectivity index (χ1) is 28.8. The van der Waals surface area contributed by atoms with Gasteiger partial charge in [0, 0.05) is 36.3 Å². The molecule has 0 heterocycles. The van der Waals surface area contributed by atoms with Gasteiger partial charge in [0.05, 0.1) is 0 Å². The van der Waals surface area contributed by atoms with Gasteiger partial charge in [0.25, 0.3) is 0 Å². The van der Waals surface area contributed by atoms with Crippen LogP contribution in [0.2, 0.25) is 0 Å². The van der Waals surface area contributed by atoms with Crippen molar-refractivity contribution in [3.05, 3.63) is 0 Å². The minimum absolute atomic E-state index is 0.930. The van der Waals surface area contributed by atoms with Gasteiger partial charge in [-0.15, -0.1) is 0 Å². The van der Waals surface area contributed by atoms with E-state index in [0.717, 1.165) is 119 Å². The Bertz CT molecular complexity index is 1260. The first-order valence-electron chi connectivity index (χ1n) is 28.3. The van der Waals surface area contributed by atoms with Gasteiger partial charge in [-0.1, -0.05) is 141 Å². The van der Waals surface area contributed by atoms with E-state index in [1.54, 1.807) is 193 Å². The molecule has 0 radical (unpaired) electrons. The molecule has 12 fully saturated rings. The molecule has 18 unspecified atom stereocenters. The average molecular weight is 793 g/mol. The van der Waals surface area contributed by atoms with E-state index >= 15 is 0 Å². The number of hydrogen-bond donors (Lipinski definition) is 0. The van der Waals surface area contributed by atoms with E-state index in [1.165, 1.54) is 38.5 Å². The predicted molar refractivity (Wildman–Crippen MR) is 241 cm³/mol. The molecule has 0 aromatic heterocycles. The third kappa shape index (κ3) is 7.12. The molecule has 0 aliphatic heterocycles. The summed E-state index contributed by atoms with van der Waals surface area (Å²) in [7, 11) is 0. The standard InChI is InChI=1S/C56H92N2/c1-3-23-45(24-4-1)57(51-29-13-19-41-31-37-15-7-9-17-39(37)33-49(41)51)53-35-43-21-12-28-48-54(36-44-22-11-27-47(53)55(44)56(43)48)58(46-25-5-2-6-26-46)52-30-14-20-42-32-38-16-8-10-18-40(38)34-50(42)52/h37-56H,1-36H2. The fourth-order valence-corrected chi connectivity index (χ4v) is 21.3. The molecule has 326 valence electrons. The summed E-state index contributed by atoms with van der Waals surface area (Å²) in [4.78, 5) is 7.13. The molecule has 0 amide bonds. The lowest BCUT2D eigenvalue weighted by Gasteiger charge is -2.67. The van der Waals surface area contributed by atoms with Crippen LogP contribution in [0.15, 0.2) is 0 Å². The molecule has 0 bridgehead atoms. The van der Waals surface area contributed by atoms with Crippen molar-refractivity contribution in [2.75, 3.05) is 0 Å². The molecule has 12 aliphatic rings. The van der Waals surface area contributed by atoms with E-state index in [2.05, 4.69) is 9.80 Å².